The van der Waals surface area contributed by atoms with E-state index in [-0.39, 0.29) is 24.0 Å². The average Bonchev–Trinajstić information content (AvgIpc) is 3.87. The van der Waals surface area contributed by atoms with Crippen molar-refractivity contribution in [3.63, 3.8) is 0 Å². The Hall–Kier alpha value is -4.84. The first-order chi connectivity index (χ1) is 26.3. The standard InChI is InChI=1S/2C19H26N4O4S/c1-6-26-16(24)15-11(2)20-17(28-15)23-10-12-9-13(7-8-14(12)22-23)21-18(25)27-19(3,4)5;1-6-26-16(24)15-11(2)21-17(28-15)23-14-8-7-13(9-12(14)10-20-23)22-18(25)27-19(3,4)5/h10,13H,6-9H2,1-5H3,(H,21,25);10,13H,6-9H2,1-5H3,(H,22,25). The molecule has 2 N–H and O–H groups in total. The van der Waals surface area contributed by atoms with Crippen LogP contribution in [-0.4, -0.2) is 90.2 Å². The van der Waals surface area contributed by atoms with Gasteiger partial charge in [-0.1, -0.05) is 22.7 Å². The predicted octanol–water partition coefficient (Wildman–Crippen LogP) is 6.39. The van der Waals surface area contributed by atoms with Crippen molar-refractivity contribution in [1.82, 2.24) is 40.2 Å². The van der Waals surface area contributed by atoms with E-state index >= 15 is 0 Å². The van der Waals surface area contributed by atoms with Crippen LogP contribution in [-0.2, 0) is 44.6 Å². The van der Waals surface area contributed by atoms with Gasteiger partial charge in [0.2, 0.25) is 10.3 Å². The van der Waals surface area contributed by atoms with E-state index in [1.807, 2.05) is 47.7 Å². The Morgan fingerprint density at radius 2 is 1.27 bits per heavy atom. The molecule has 4 aromatic heterocycles. The fourth-order valence-electron chi connectivity index (χ4n) is 6.21. The van der Waals surface area contributed by atoms with Gasteiger partial charge in [0.1, 0.15) is 21.0 Å². The summed E-state index contributed by atoms with van der Waals surface area (Å²) in [6.07, 6.45) is 7.39. The summed E-state index contributed by atoms with van der Waals surface area (Å²) >= 11 is 2.55. The van der Waals surface area contributed by atoms with E-state index in [1.165, 1.54) is 22.7 Å². The maximum Gasteiger partial charge on any atom is 0.407 e. The quantitative estimate of drug-likeness (QED) is 0.148. The third-order valence-electron chi connectivity index (χ3n) is 8.54. The third-order valence-corrected chi connectivity index (χ3v) is 10.8. The number of nitrogens with one attached hydrogen (secondary N) is 2. The Kier molecular flexibility index (Phi) is 13.2. The first kappa shape index (κ1) is 42.3. The number of ether oxygens (including phenoxy) is 4. The fraction of sp³-hybridized carbons (Fsp3) is 0.579. The molecule has 2 amide bonds. The normalized spacial score (nSPS) is 16.4. The molecule has 0 saturated carbocycles. The molecule has 0 bridgehead atoms. The lowest BCUT2D eigenvalue weighted by Crippen LogP contribution is -2.41. The number of carbonyl (C=O) groups is 4. The zero-order valence-electron chi connectivity index (χ0n) is 33.7. The maximum absolute atomic E-state index is 12.0. The van der Waals surface area contributed by atoms with Crippen molar-refractivity contribution in [2.75, 3.05) is 13.2 Å². The van der Waals surface area contributed by atoms with Crippen molar-refractivity contribution in [3.8, 4) is 10.3 Å². The summed E-state index contributed by atoms with van der Waals surface area (Å²) in [6, 6.07) is 0.0150. The number of hydrogen-bond acceptors (Lipinski definition) is 14. The van der Waals surface area contributed by atoms with Crippen LogP contribution >= 0.6 is 22.7 Å². The van der Waals surface area contributed by atoms with Crippen molar-refractivity contribution in [2.24, 2.45) is 0 Å². The highest BCUT2D eigenvalue weighted by molar-refractivity contribution is 7.16. The Bertz CT molecular complexity index is 2020. The Labute approximate surface area is 334 Å². The van der Waals surface area contributed by atoms with Crippen LogP contribution in [0.1, 0.15) is 121 Å². The Balaban J connectivity index is 0.000000214. The Morgan fingerprint density at radius 1 is 0.768 bits per heavy atom. The number of fused-ring (bicyclic) bond motifs is 2. The summed E-state index contributed by atoms with van der Waals surface area (Å²) in [5.41, 5.74) is 4.43. The molecular weight excluding hydrogens is 761 g/mol. The van der Waals surface area contributed by atoms with Crippen LogP contribution in [0.2, 0.25) is 0 Å². The molecule has 304 valence electrons. The van der Waals surface area contributed by atoms with Crippen molar-refractivity contribution < 1.29 is 38.1 Å². The molecule has 2 atom stereocenters. The highest BCUT2D eigenvalue weighted by Gasteiger charge is 2.29. The van der Waals surface area contributed by atoms with Gasteiger partial charge in [-0.25, -0.2) is 38.5 Å². The van der Waals surface area contributed by atoms with Crippen LogP contribution in [0.25, 0.3) is 10.3 Å². The monoisotopic (exact) mass is 812 g/mol. The molecule has 0 aromatic carbocycles. The van der Waals surface area contributed by atoms with Gasteiger partial charge in [0.05, 0.1) is 42.2 Å². The van der Waals surface area contributed by atoms with Gasteiger partial charge >= 0.3 is 24.1 Å². The zero-order valence-corrected chi connectivity index (χ0v) is 35.4. The molecular formula is C38H52N8O8S2. The van der Waals surface area contributed by atoms with Crippen molar-refractivity contribution in [3.05, 3.63) is 56.1 Å². The minimum Gasteiger partial charge on any atom is -0.462 e. The molecule has 0 spiro atoms. The van der Waals surface area contributed by atoms with Crippen LogP contribution < -0.4 is 10.6 Å². The SMILES string of the molecule is CCOC(=O)c1sc(-n2cc3c(n2)CCC(NC(=O)OC(C)(C)C)C3)nc1C.CCOC(=O)c1sc(-n2ncc3c2CCC(NC(=O)OC(C)(C)C)C3)nc1C. The van der Waals surface area contributed by atoms with Crippen LogP contribution in [0.4, 0.5) is 9.59 Å². The summed E-state index contributed by atoms with van der Waals surface area (Å²) < 4.78 is 24.3. The van der Waals surface area contributed by atoms with E-state index < -0.39 is 23.4 Å². The van der Waals surface area contributed by atoms with Gasteiger partial charge in [-0.3, -0.25) is 0 Å². The molecule has 0 saturated heterocycles. The van der Waals surface area contributed by atoms with Crippen LogP contribution in [0.15, 0.2) is 12.4 Å². The summed E-state index contributed by atoms with van der Waals surface area (Å²) in [6.45, 7) is 18.9. The molecule has 6 rings (SSSR count). The lowest BCUT2D eigenvalue weighted by molar-refractivity contribution is 0.0488. The van der Waals surface area contributed by atoms with Gasteiger partial charge in [0.25, 0.3) is 0 Å². The van der Waals surface area contributed by atoms with Gasteiger partial charge in [-0.15, -0.1) is 0 Å². The van der Waals surface area contributed by atoms with Gasteiger partial charge in [-0.05, 0) is 119 Å². The van der Waals surface area contributed by atoms with E-state index in [9.17, 15) is 19.2 Å². The van der Waals surface area contributed by atoms with E-state index in [1.54, 1.807) is 43.3 Å². The lowest BCUT2D eigenvalue weighted by atomic mass is 9.93. The number of alkyl carbamates (subject to hydrolysis) is 2. The van der Waals surface area contributed by atoms with E-state index in [0.29, 0.717) is 57.5 Å². The molecule has 2 unspecified atom stereocenters. The van der Waals surface area contributed by atoms with Crippen LogP contribution in [0.5, 0.6) is 0 Å². The van der Waals surface area contributed by atoms with E-state index in [4.69, 9.17) is 18.9 Å². The molecule has 0 radical (unpaired) electrons. The number of nitrogens with zero attached hydrogens (tertiary/aromatic N) is 6. The molecule has 4 aromatic rings. The summed E-state index contributed by atoms with van der Waals surface area (Å²) in [7, 11) is 0. The molecule has 56 heavy (non-hydrogen) atoms. The topological polar surface area (TPSA) is 191 Å². The van der Waals surface area contributed by atoms with E-state index in [0.717, 1.165) is 48.2 Å². The van der Waals surface area contributed by atoms with Crippen LogP contribution in [0.3, 0.4) is 0 Å². The molecule has 18 heteroatoms. The smallest absolute Gasteiger partial charge is 0.407 e. The molecule has 4 heterocycles. The highest BCUT2D eigenvalue weighted by atomic mass is 32.1. The van der Waals surface area contributed by atoms with Gasteiger partial charge in [0, 0.05) is 18.3 Å². The number of aromatic nitrogens is 6. The van der Waals surface area contributed by atoms with Crippen molar-refractivity contribution >= 4 is 46.8 Å². The summed E-state index contributed by atoms with van der Waals surface area (Å²) in [5.74, 6) is -0.714. The average molecular weight is 813 g/mol. The summed E-state index contributed by atoms with van der Waals surface area (Å²) in [4.78, 5) is 58.1. The Morgan fingerprint density at radius 3 is 1.80 bits per heavy atom. The predicted molar refractivity (Wildman–Crippen MR) is 210 cm³/mol. The molecule has 0 fully saturated rings. The second kappa shape index (κ2) is 17.5. The minimum atomic E-state index is -0.520. The first-order valence-corrected chi connectivity index (χ1v) is 20.4. The number of thiazole rings is 2. The number of rotatable bonds is 8. The number of carbonyl (C=O) groups excluding carboxylic acids is 4. The number of amides is 2. The van der Waals surface area contributed by atoms with Crippen molar-refractivity contribution in [2.45, 2.75) is 131 Å². The molecule has 2 aliphatic carbocycles. The van der Waals surface area contributed by atoms with Gasteiger partial charge < -0.3 is 29.6 Å². The maximum atomic E-state index is 12.0. The number of hydrogen-bond donors (Lipinski definition) is 2. The second-order valence-corrected chi connectivity index (χ2v) is 17.5. The van der Waals surface area contributed by atoms with Gasteiger partial charge in [0.15, 0.2) is 0 Å². The fourth-order valence-corrected chi connectivity index (χ4v) is 8.04. The zero-order chi connectivity index (χ0) is 40.9. The third kappa shape index (κ3) is 10.9. The first-order valence-electron chi connectivity index (χ1n) is 18.8. The van der Waals surface area contributed by atoms with Crippen molar-refractivity contribution in [1.29, 1.82) is 0 Å². The molecule has 16 nitrogen and oxygen atoms in total. The number of esters is 2. The van der Waals surface area contributed by atoms with Gasteiger partial charge in [-0.2, -0.15) is 10.2 Å². The number of aryl methyl sites for hydroxylation is 3. The molecule has 2 aliphatic rings. The summed E-state index contributed by atoms with van der Waals surface area (Å²) in [5, 5.41) is 16.2. The van der Waals surface area contributed by atoms with Crippen LogP contribution in [0, 0.1) is 13.8 Å². The minimum absolute atomic E-state index is 0.00752. The largest absolute Gasteiger partial charge is 0.462 e. The highest BCUT2D eigenvalue weighted by Crippen LogP contribution is 2.29. The lowest BCUT2D eigenvalue weighted by Gasteiger charge is -2.26. The van der Waals surface area contributed by atoms with E-state index in [2.05, 4.69) is 30.8 Å². The second-order valence-electron chi connectivity index (χ2n) is 15.5. The molecule has 0 aliphatic heterocycles.